The van der Waals surface area contributed by atoms with Gasteiger partial charge in [0.05, 0.1) is 12.1 Å². The number of nitrogens with one attached hydrogen (secondary N) is 1. The number of furan rings is 1. The lowest BCUT2D eigenvalue weighted by atomic mass is 10.3. The molecule has 0 saturated heterocycles. The van der Waals surface area contributed by atoms with E-state index in [9.17, 15) is 9.59 Å². The Morgan fingerprint density at radius 1 is 1.50 bits per heavy atom. The van der Waals surface area contributed by atoms with Gasteiger partial charge in [-0.25, -0.2) is 4.79 Å². The molecule has 2 aromatic rings. The summed E-state index contributed by atoms with van der Waals surface area (Å²) in [4.78, 5) is 26.1. The first-order valence-electron chi connectivity index (χ1n) is 4.95. The molecule has 0 aliphatic carbocycles. The van der Waals surface area contributed by atoms with E-state index in [0.29, 0.717) is 5.82 Å². The number of carboxylic acid groups (broad SMARTS) is 1. The van der Waals surface area contributed by atoms with Gasteiger partial charge in [0.1, 0.15) is 6.26 Å². The van der Waals surface area contributed by atoms with E-state index in [2.05, 4.69) is 15.5 Å². The number of hydrogen-bond donors (Lipinski definition) is 2. The zero-order chi connectivity index (χ0) is 13.1. The van der Waals surface area contributed by atoms with Crippen LogP contribution in [0.2, 0.25) is 0 Å². The third-order valence-electron chi connectivity index (χ3n) is 2.04. The predicted octanol–water partition coefficient (Wildman–Crippen LogP) is 0.599. The second kappa shape index (κ2) is 4.70. The zero-order valence-electron chi connectivity index (χ0n) is 9.34. The molecule has 0 aromatic carbocycles. The van der Waals surface area contributed by atoms with Gasteiger partial charge < -0.3 is 19.4 Å². The van der Waals surface area contributed by atoms with Gasteiger partial charge in [0.2, 0.25) is 5.89 Å². The van der Waals surface area contributed by atoms with Gasteiger partial charge in [-0.05, 0) is 6.92 Å². The lowest BCUT2D eigenvalue weighted by Gasteiger charge is -1.97. The summed E-state index contributed by atoms with van der Waals surface area (Å²) in [6.45, 7) is 1.70. The molecule has 18 heavy (non-hydrogen) atoms. The van der Waals surface area contributed by atoms with Gasteiger partial charge in [-0.3, -0.25) is 4.79 Å². The lowest BCUT2D eigenvalue weighted by Crippen LogP contribution is -2.22. The van der Waals surface area contributed by atoms with Crippen molar-refractivity contribution in [2.75, 3.05) is 0 Å². The largest absolute Gasteiger partial charge is 0.478 e. The summed E-state index contributed by atoms with van der Waals surface area (Å²) >= 11 is 0. The third kappa shape index (κ3) is 2.54. The van der Waals surface area contributed by atoms with Crippen molar-refractivity contribution in [3.05, 3.63) is 35.4 Å². The van der Waals surface area contributed by atoms with Gasteiger partial charge in [-0.15, -0.1) is 0 Å². The summed E-state index contributed by atoms with van der Waals surface area (Å²) in [6.07, 6.45) is 0.994. The Bertz CT molecular complexity index is 586. The summed E-state index contributed by atoms with van der Waals surface area (Å²) in [6, 6.07) is 1.14. The normalized spacial score (nSPS) is 10.3. The highest BCUT2D eigenvalue weighted by atomic mass is 16.5. The first kappa shape index (κ1) is 11.8. The number of hydrogen-bond acceptors (Lipinski definition) is 6. The minimum atomic E-state index is -1.16. The van der Waals surface area contributed by atoms with E-state index in [-0.39, 0.29) is 23.8 Å². The number of aryl methyl sites for hydroxylation is 1. The van der Waals surface area contributed by atoms with Crippen molar-refractivity contribution in [1.29, 1.82) is 0 Å². The van der Waals surface area contributed by atoms with Crippen molar-refractivity contribution >= 4 is 11.9 Å². The fourth-order valence-electron chi connectivity index (χ4n) is 1.22. The molecule has 0 saturated carbocycles. The van der Waals surface area contributed by atoms with Crippen LogP contribution in [0.5, 0.6) is 0 Å². The van der Waals surface area contributed by atoms with Gasteiger partial charge in [0.25, 0.3) is 5.91 Å². The second-order valence-corrected chi connectivity index (χ2v) is 3.42. The van der Waals surface area contributed by atoms with Crippen LogP contribution in [0.25, 0.3) is 0 Å². The Kier molecular flexibility index (Phi) is 3.09. The monoisotopic (exact) mass is 251 g/mol. The number of nitrogens with zero attached hydrogens (tertiary/aromatic N) is 2. The molecule has 0 aliphatic rings. The van der Waals surface area contributed by atoms with Crippen LogP contribution in [0, 0.1) is 6.92 Å². The maximum Gasteiger partial charge on any atom is 0.338 e. The van der Waals surface area contributed by atoms with E-state index >= 15 is 0 Å². The first-order valence-corrected chi connectivity index (χ1v) is 4.95. The molecule has 0 fully saturated rings. The van der Waals surface area contributed by atoms with Crippen LogP contribution in [0.3, 0.4) is 0 Å². The van der Waals surface area contributed by atoms with Crippen LogP contribution < -0.4 is 5.32 Å². The van der Waals surface area contributed by atoms with Crippen molar-refractivity contribution in [1.82, 2.24) is 15.5 Å². The molecule has 0 radical (unpaired) electrons. The fraction of sp³-hybridized carbons (Fsp3) is 0.200. The average molecular weight is 251 g/mol. The third-order valence-corrected chi connectivity index (χ3v) is 2.04. The van der Waals surface area contributed by atoms with Gasteiger partial charge in [0.15, 0.2) is 11.6 Å². The van der Waals surface area contributed by atoms with Crippen LogP contribution in [0.15, 0.2) is 21.3 Å². The second-order valence-electron chi connectivity index (χ2n) is 3.42. The predicted molar refractivity (Wildman–Crippen MR) is 55.9 cm³/mol. The molecule has 2 rings (SSSR count). The van der Waals surface area contributed by atoms with E-state index in [1.807, 2.05) is 0 Å². The molecular formula is C10H9N3O5. The number of aromatic nitrogens is 2. The molecule has 2 heterocycles. The number of rotatable bonds is 4. The summed E-state index contributed by atoms with van der Waals surface area (Å²) in [5.74, 6) is -1.09. The van der Waals surface area contributed by atoms with Gasteiger partial charge >= 0.3 is 5.97 Å². The van der Waals surface area contributed by atoms with E-state index in [1.165, 1.54) is 0 Å². The van der Waals surface area contributed by atoms with Crippen molar-refractivity contribution in [3.63, 3.8) is 0 Å². The molecule has 0 bridgehead atoms. The van der Waals surface area contributed by atoms with Crippen molar-refractivity contribution < 1.29 is 23.6 Å². The van der Waals surface area contributed by atoms with E-state index < -0.39 is 11.9 Å². The molecule has 1 amide bonds. The standard InChI is InChI=1S/C10H9N3O5/c1-5-12-8(18-13-5)3-11-9(14)7-2-6(4-17-7)10(15)16/h2,4H,3H2,1H3,(H,11,14)(H,15,16). The number of carbonyl (C=O) groups is 2. The Balaban J connectivity index is 1.97. The topological polar surface area (TPSA) is 118 Å². The molecule has 0 spiro atoms. The summed E-state index contributed by atoms with van der Waals surface area (Å²) in [7, 11) is 0. The van der Waals surface area contributed by atoms with Crippen LogP contribution in [0.4, 0.5) is 0 Å². The summed E-state index contributed by atoms with van der Waals surface area (Å²) < 4.78 is 9.62. The minimum Gasteiger partial charge on any atom is -0.478 e. The van der Waals surface area contributed by atoms with Crippen LogP contribution in [-0.4, -0.2) is 27.1 Å². The fourth-order valence-corrected chi connectivity index (χ4v) is 1.22. The van der Waals surface area contributed by atoms with Gasteiger partial charge in [-0.2, -0.15) is 4.98 Å². The number of carboxylic acids is 1. The van der Waals surface area contributed by atoms with Gasteiger partial charge in [-0.1, -0.05) is 5.16 Å². The SMILES string of the molecule is Cc1noc(CNC(=O)c2cc(C(=O)O)co2)n1. The summed E-state index contributed by atoms with van der Waals surface area (Å²) in [5, 5.41) is 14.7. The number of aromatic carboxylic acids is 1. The Hall–Kier alpha value is -2.64. The maximum absolute atomic E-state index is 11.6. The highest BCUT2D eigenvalue weighted by molar-refractivity contribution is 5.95. The van der Waals surface area contributed by atoms with E-state index in [4.69, 9.17) is 14.0 Å². The van der Waals surface area contributed by atoms with E-state index in [1.54, 1.807) is 6.92 Å². The molecule has 2 aromatic heterocycles. The smallest absolute Gasteiger partial charge is 0.338 e. The molecule has 8 nitrogen and oxygen atoms in total. The van der Waals surface area contributed by atoms with Crippen molar-refractivity contribution in [2.45, 2.75) is 13.5 Å². The highest BCUT2D eigenvalue weighted by Crippen LogP contribution is 2.07. The average Bonchev–Trinajstić information content (AvgIpc) is 2.94. The lowest BCUT2D eigenvalue weighted by molar-refractivity contribution is 0.0696. The number of carbonyl (C=O) groups excluding carboxylic acids is 1. The molecule has 0 unspecified atom stereocenters. The Morgan fingerprint density at radius 3 is 2.83 bits per heavy atom. The van der Waals surface area contributed by atoms with Crippen LogP contribution in [-0.2, 0) is 6.54 Å². The quantitative estimate of drug-likeness (QED) is 0.816. The Morgan fingerprint density at radius 2 is 2.28 bits per heavy atom. The zero-order valence-corrected chi connectivity index (χ0v) is 9.34. The van der Waals surface area contributed by atoms with E-state index in [0.717, 1.165) is 12.3 Å². The number of amides is 1. The minimum absolute atomic E-state index is 0.0444. The van der Waals surface area contributed by atoms with Crippen molar-refractivity contribution in [2.24, 2.45) is 0 Å². The Labute approximate surface area is 101 Å². The maximum atomic E-state index is 11.6. The van der Waals surface area contributed by atoms with Crippen LogP contribution in [0.1, 0.15) is 32.6 Å². The molecule has 2 N–H and O–H groups in total. The van der Waals surface area contributed by atoms with Crippen molar-refractivity contribution in [3.8, 4) is 0 Å². The molecule has 0 aliphatic heterocycles. The molecule has 94 valence electrons. The molecule has 8 heteroatoms. The van der Waals surface area contributed by atoms with Gasteiger partial charge in [0, 0.05) is 6.07 Å². The highest BCUT2D eigenvalue weighted by Gasteiger charge is 2.15. The summed E-state index contributed by atoms with van der Waals surface area (Å²) in [5.41, 5.74) is -0.0891. The van der Waals surface area contributed by atoms with Crippen LogP contribution >= 0.6 is 0 Å². The first-order chi connectivity index (χ1) is 8.56. The molecular weight excluding hydrogens is 242 g/mol. The molecule has 0 atom stereocenters.